The van der Waals surface area contributed by atoms with E-state index in [1.807, 2.05) is 25.9 Å². The van der Waals surface area contributed by atoms with Gasteiger partial charge in [0.25, 0.3) is 0 Å². The first-order valence-corrected chi connectivity index (χ1v) is 17.1. The smallest absolute Gasteiger partial charge is 0.418 e. The van der Waals surface area contributed by atoms with E-state index in [2.05, 4.69) is 5.32 Å². The molecule has 0 aliphatic carbocycles. The Morgan fingerprint density at radius 2 is 1.66 bits per heavy atom. The second kappa shape index (κ2) is 15.9. The van der Waals surface area contributed by atoms with E-state index in [1.165, 1.54) is 23.9 Å². The number of hydrogen-bond donors (Lipinski definition) is 2. The lowest BCUT2D eigenvalue weighted by molar-refractivity contribution is -0.292. The summed E-state index contributed by atoms with van der Waals surface area (Å²) in [6.45, 7) is 13.1. The molecule has 13 atom stereocenters. The van der Waals surface area contributed by atoms with Gasteiger partial charge in [0.1, 0.15) is 35.6 Å². The third-order valence-electron chi connectivity index (χ3n) is 10.6. The molecule has 4 rings (SSSR count). The fraction of sp³-hybridized carbons (Fsp3) is 0.750. The number of rotatable bonds is 5. The van der Waals surface area contributed by atoms with Crippen molar-refractivity contribution in [3.63, 3.8) is 0 Å². The van der Waals surface area contributed by atoms with Gasteiger partial charge in [-0.25, -0.2) is 9.59 Å². The summed E-state index contributed by atoms with van der Waals surface area (Å²) in [6.07, 6.45) is -2.93. The van der Waals surface area contributed by atoms with Gasteiger partial charge in [-0.1, -0.05) is 35.1 Å². The van der Waals surface area contributed by atoms with Crippen molar-refractivity contribution in [1.29, 1.82) is 0 Å². The molecule has 3 aliphatic rings. The highest BCUT2D eigenvalue weighted by Gasteiger charge is 2.57. The van der Waals surface area contributed by atoms with E-state index in [1.54, 1.807) is 53.7 Å². The number of carbonyl (C=O) groups excluding carboxylic acids is 5. The molecular formula is C36H57N3O11. The maximum absolute atomic E-state index is 14.2. The molecule has 0 spiro atoms. The number of nitrogens with one attached hydrogen (secondary N) is 1. The van der Waals surface area contributed by atoms with Gasteiger partial charge in [-0.05, 0) is 73.2 Å². The predicted octanol–water partition coefficient (Wildman–Crippen LogP) is 3.95. The van der Waals surface area contributed by atoms with Gasteiger partial charge in [0.05, 0.1) is 12.1 Å². The van der Waals surface area contributed by atoms with Crippen molar-refractivity contribution in [3.8, 4) is 0 Å². The molecule has 50 heavy (non-hydrogen) atoms. The number of aliphatic hydroxyl groups is 1. The van der Waals surface area contributed by atoms with Crippen molar-refractivity contribution >= 4 is 29.7 Å². The molecule has 14 heteroatoms. The second-order valence-corrected chi connectivity index (χ2v) is 14.6. The molecule has 1 amide bonds. The van der Waals surface area contributed by atoms with Crippen LogP contribution in [-0.2, 0) is 38.1 Å². The summed E-state index contributed by atoms with van der Waals surface area (Å²) in [5, 5.41) is 14.2. The largest absolute Gasteiger partial charge is 0.458 e. The average molecular weight is 708 g/mol. The van der Waals surface area contributed by atoms with Gasteiger partial charge in [-0.2, -0.15) is 0 Å². The number of fused-ring (bicyclic) bond motifs is 1. The maximum Gasteiger partial charge on any atom is 0.418 e. The first kappa shape index (κ1) is 41.1. The Labute approximate surface area is 295 Å². The van der Waals surface area contributed by atoms with Crippen molar-refractivity contribution in [3.05, 3.63) is 24.5 Å². The van der Waals surface area contributed by atoms with E-state index < -0.39 is 89.5 Å². The third kappa shape index (κ3) is 8.08. The molecule has 0 radical (unpaired) electrons. The number of likely N-dealkylation sites (N-methyl/N-ethyl adjacent to an activating group) is 1. The minimum Gasteiger partial charge on any atom is -0.458 e. The van der Waals surface area contributed by atoms with Crippen LogP contribution in [0.15, 0.2) is 24.5 Å². The van der Waals surface area contributed by atoms with Crippen LogP contribution in [0.25, 0.3) is 0 Å². The lowest BCUT2D eigenvalue weighted by Gasteiger charge is -2.47. The molecule has 0 aromatic carbocycles. The fourth-order valence-corrected chi connectivity index (χ4v) is 7.79. The van der Waals surface area contributed by atoms with Gasteiger partial charge in [-0.15, -0.1) is 0 Å². The van der Waals surface area contributed by atoms with E-state index in [0.717, 1.165) is 0 Å². The number of carbonyl (C=O) groups is 5. The number of esters is 1. The molecule has 0 unspecified atom stereocenters. The molecule has 4 heterocycles. The second-order valence-electron chi connectivity index (χ2n) is 14.6. The zero-order valence-electron chi connectivity index (χ0n) is 30.2. The summed E-state index contributed by atoms with van der Waals surface area (Å²) < 4.78 is 31.6. The number of amides is 1. The van der Waals surface area contributed by atoms with E-state index in [9.17, 15) is 29.1 Å². The molecule has 0 saturated carbocycles. The summed E-state index contributed by atoms with van der Waals surface area (Å²) in [5.41, 5.74) is -3.11. The minimum atomic E-state index is -1.69. The van der Waals surface area contributed by atoms with Crippen LogP contribution in [0.3, 0.4) is 0 Å². The number of aromatic nitrogens is 1. The minimum absolute atomic E-state index is 0. The van der Waals surface area contributed by atoms with Crippen LogP contribution in [0.4, 0.5) is 9.59 Å². The lowest BCUT2D eigenvalue weighted by atomic mass is 9.73. The standard InChI is InChI=1S/C35H53N3O11.CH4/c1-11-24-35(8)28(36-32(43)48-35)20(4)25(39)18(2)17-34(7,49-33(44)38-14-12-13-15-38)29(21(5)26(40)22(6)30(42)46-24)47-31-27(41)23(37(9)10)16-19(3)45-31;/h12-15,18-24,27-29,31,41H,11,16-17H2,1-10H3,(H,36,43);1H4/t18-,19-,20+,21+,22-,23+,24-,27-,28-,29-,31+,34-,35-;/m1./s1. The average Bonchev–Trinajstić information content (AvgIpc) is 3.69. The SMILES string of the molecule is C.CC[C@H]1OC(=O)[C@H](C)C(=O)[C@H](C)[C@@H](O[C@@H]2O[C@H](C)C[C@H](N(C)C)[C@H]2O)[C@](C)(OC(=O)n2cccc2)C[C@@H](C)C(=O)[C@H](C)[C@H]2NC(=O)O[C@@]21C. The Kier molecular flexibility index (Phi) is 13.1. The van der Waals surface area contributed by atoms with Crippen LogP contribution >= 0.6 is 0 Å². The van der Waals surface area contributed by atoms with Crippen molar-refractivity contribution in [2.24, 2.45) is 23.7 Å². The van der Waals surface area contributed by atoms with Crippen molar-refractivity contribution in [2.45, 2.75) is 136 Å². The number of hydrogen-bond acceptors (Lipinski definition) is 12. The van der Waals surface area contributed by atoms with Gasteiger partial charge in [0.2, 0.25) is 0 Å². The van der Waals surface area contributed by atoms with Crippen molar-refractivity contribution < 1.29 is 52.8 Å². The normalized spacial score (nSPS) is 40.1. The summed E-state index contributed by atoms with van der Waals surface area (Å²) in [6, 6.07) is 2.06. The summed E-state index contributed by atoms with van der Waals surface area (Å²) in [5.74, 6) is -5.79. The first-order valence-electron chi connectivity index (χ1n) is 17.1. The quantitative estimate of drug-likeness (QED) is 0.257. The molecule has 3 saturated heterocycles. The molecule has 14 nitrogen and oxygen atoms in total. The Morgan fingerprint density at radius 3 is 2.24 bits per heavy atom. The van der Waals surface area contributed by atoms with E-state index in [4.69, 9.17) is 23.7 Å². The topological polar surface area (TPSA) is 172 Å². The molecule has 3 aliphatic heterocycles. The summed E-state index contributed by atoms with van der Waals surface area (Å²) in [4.78, 5) is 70.2. The molecular weight excluding hydrogens is 650 g/mol. The van der Waals surface area contributed by atoms with Gasteiger partial charge in [0.15, 0.2) is 17.7 Å². The van der Waals surface area contributed by atoms with Gasteiger partial charge in [-0.3, -0.25) is 19.0 Å². The Balaban J connectivity index is 0.00000676. The Bertz CT molecular complexity index is 1380. The van der Waals surface area contributed by atoms with Crippen LogP contribution in [0.5, 0.6) is 0 Å². The van der Waals surface area contributed by atoms with Gasteiger partial charge < -0.3 is 39.0 Å². The molecule has 0 bridgehead atoms. The molecule has 3 fully saturated rings. The van der Waals surface area contributed by atoms with Gasteiger partial charge in [0, 0.05) is 36.2 Å². The van der Waals surface area contributed by atoms with Crippen molar-refractivity contribution in [2.75, 3.05) is 14.1 Å². The highest BCUT2D eigenvalue weighted by molar-refractivity contribution is 6.00. The number of Topliss-reactive ketones (excluding diaryl/α,β-unsaturated/α-hetero) is 2. The van der Waals surface area contributed by atoms with Crippen LogP contribution in [0.1, 0.15) is 82.1 Å². The summed E-state index contributed by atoms with van der Waals surface area (Å²) in [7, 11) is 3.65. The number of cyclic esters (lactones) is 1. The monoisotopic (exact) mass is 707 g/mol. The van der Waals surface area contributed by atoms with Gasteiger partial charge >= 0.3 is 18.2 Å². The third-order valence-corrected chi connectivity index (χ3v) is 10.6. The zero-order valence-corrected chi connectivity index (χ0v) is 30.2. The molecule has 2 N–H and O–H groups in total. The zero-order chi connectivity index (χ0) is 36.6. The molecule has 282 valence electrons. The predicted molar refractivity (Wildman–Crippen MR) is 182 cm³/mol. The first-order chi connectivity index (χ1) is 22.8. The van der Waals surface area contributed by atoms with Crippen LogP contribution in [-0.4, -0.2) is 112 Å². The Hall–Kier alpha value is -3.33. The van der Waals surface area contributed by atoms with E-state index in [0.29, 0.717) is 6.42 Å². The fourth-order valence-electron chi connectivity index (χ4n) is 7.79. The molecule has 1 aromatic heterocycles. The Morgan fingerprint density at radius 1 is 1.04 bits per heavy atom. The number of ether oxygens (including phenoxy) is 5. The number of ketones is 2. The van der Waals surface area contributed by atoms with Crippen molar-refractivity contribution in [1.82, 2.24) is 14.8 Å². The van der Waals surface area contributed by atoms with Crippen LogP contribution in [0.2, 0.25) is 0 Å². The number of aliphatic hydroxyl groups excluding tert-OH is 1. The summed E-state index contributed by atoms with van der Waals surface area (Å²) >= 11 is 0. The van der Waals surface area contributed by atoms with Crippen LogP contribution in [0, 0.1) is 23.7 Å². The van der Waals surface area contributed by atoms with E-state index >= 15 is 0 Å². The van der Waals surface area contributed by atoms with Crippen LogP contribution < -0.4 is 5.32 Å². The lowest BCUT2D eigenvalue weighted by Crippen LogP contribution is -2.60. The maximum atomic E-state index is 14.2. The molecule has 1 aromatic rings. The number of nitrogens with zero attached hydrogens (tertiary/aromatic N) is 2. The van der Waals surface area contributed by atoms with E-state index in [-0.39, 0.29) is 38.2 Å². The highest BCUT2D eigenvalue weighted by Crippen LogP contribution is 2.40. The number of alkyl carbamates (subject to hydrolysis) is 1. The highest BCUT2D eigenvalue weighted by atomic mass is 16.7.